The van der Waals surface area contributed by atoms with E-state index in [1.165, 1.54) is 6.42 Å². The molecule has 1 unspecified atom stereocenters. The van der Waals surface area contributed by atoms with Crippen molar-refractivity contribution in [1.82, 2.24) is 9.47 Å². The number of hydrogen-bond donors (Lipinski definition) is 0. The Morgan fingerprint density at radius 3 is 2.46 bits per heavy atom. The molecule has 0 bridgehead atoms. The van der Waals surface area contributed by atoms with Crippen molar-refractivity contribution in [3.05, 3.63) is 24.5 Å². The Bertz CT molecular complexity index is 216. The van der Waals surface area contributed by atoms with Crippen molar-refractivity contribution in [1.29, 1.82) is 0 Å². The summed E-state index contributed by atoms with van der Waals surface area (Å²) >= 11 is 0. The molecule has 0 saturated heterocycles. The molecule has 2 nitrogen and oxygen atoms in total. The van der Waals surface area contributed by atoms with E-state index in [0.29, 0.717) is 6.04 Å². The molecule has 0 amide bonds. The average Bonchev–Trinajstić information content (AvgIpc) is 2.65. The molecule has 0 saturated carbocycles. The van der Waals surface area contributed by atoms with E-state index >= 15 is 0 Å². The second kappa shape index (κ2) is 5.07. The van der Waals surface area contributed by atoms with Crippen LogP contribution in [0, 0.1) is 0 Å². The van der Waals surface area contributed by atoms with Gasteiger partial charge in [0.2, 0.25) is 0 Å². The van der Waals surface area contributed by atoms with Crippen molar-refractivity contribution in [2.24, 2.45) is 0 Å². The third-order valence-corrected chi connectivity index (χ3v) is 2.72. The molecule has 0 aliphatic rings. The summed E-state index contributed by atoms with van der Waals surface area (Å²) in [6.45, 7) is 6.73. The molecular weight excluding hydrogens is 160 g/mol. The molecule has 1 aromatic rings. The van der Waals surface area contributed by atoms with Crippen LogP contribution in [0.4, 0.5) is 0 Å². The van der Waals surface area contributed by atoms with Crippen molar-refractivity contribution in [2.45, 2.75) is 32.9 Å². The van der Waals surface area contributed by atoms with Gasteiger partial charge in [-0.15, -0.1) is 0 Å². The maximum Gasteiger partial charge on any atom is 0.0347 e. The van der Waals surface area contributed by atoms with E-state index in [1.807, 2.05) is 0 Å². The highest BCUT2D eigenvalue weighted by Crippen LogP contribution is 2.00. The van der Waals surface area contributed by atoms with Crippen LogP contribution in [0.1, 0.15) is 20.3 Å². The molecule has 0 aromatic carbocycles. The minimum Gasteiger partial charge on any atom is -0.353 e. The number of aromatic nitrogens is 1. The topological polar surface area (TPSA) is 8.17 Å². The van der Waals surface area contributed by atoms with Crippen molar-refractivity contribution < 1.29 is 0 Å². The van der Waals surface area contributed by atoms with Gasteiger partial charge in [-0.25, -0.2) is 0 Å². The molecule has 1 atom stereocenters. The van der Waals surface area contributed by atoms with E-state index in [1.54, 1.807) is 0 Å². The molecule has 0 aliphatic carbocycles. The van der Waals surface area contributed by atoms with Crippen LogP contribution in [0.3, 0.4) is 0 Å². The first-order valence-corrected chi connectivity index (χ1v) is 5.05. The number of nitrogens with zero attached hydrogens (tertiary/aromatic N) is 2. The van der Waals surface area contributed by atoms with Crippen LogP contribution >= 0.6 is 0 Å². The Labute approximate surface area is 81.2 Å². The second-order valence-corrected chi connectivity index (χ2v) is 3.66. The predicted octanol–water partition coefficient (Wildman–Crippen LogP) is 2.22. The smallest absolute Gasteiger partial charge is 0.0347 e. The Kier molecular flexibility index (Phi) is 4.03. The van der Waals surface area contributed by atoms with Crippen LogP contribution in [0.25, 0.3) is 0 Å². The molecule has 2 heteroatoms. The minimum atomic E-state index is 0.690. The lowest BCUT2D eigenvalue weighted by Crippen LogP contribution is -2.31. The summed E-state index contributed by atoms with van der Waals surface area (Å²) < 4.78 is 2.22. The highest BCUT2D eigenvalue weighted by Gasteiger charge is 2.05. The van der Waals surface area contributed by atoms with Crippen LogP contribution in [-0.4, -0.2) is 29.1 Å². The SMILES string of the molecule is CCC(C)N(C)CCn1cccc1. The molecule has 0 aliphatic heterocycles. The molecule has 13 heavy (non-hydrogen) atoms. The highest BCUT2D eigenvalue weighted by molar-refractivity contribution is 4.90. The fraction of sp³-hybridized carbons (Fsp3) is 0.636. The molecule has 1 rings (SSSR count). The predicted molar refractivity (Wildman–Crippen MR) is 56.8 cm³/mol. The third kappa shape index (κ3) is 3.23. The zero-order valence-electron chi connectivity index (χ0n) is 8.90. The molecule has 1 heterocycles. The van der Waals surface area contributed by atoms with Gasteiger partial charge in [-0.2, -0.15) is 0 Å². The van der Waals surface area contributed by atoms with Crippen LogP contribution in [0.5, 0.6) is 0 Å². The maximum atomic E-state index is 2.40. The Hall–Kier alpha value is -0.760. The van der Waals surface area contributed by atoms with E-state index in [4.69, 9.17) is 0 Å². The molecule has 1 aromatic heterocycles. The third-order valence-electron chi connectivity index (χ3n) is 2.72. The summed E-state index contributed by atoms with van der Waals surface area (Å²) in [6, 6.07) is 4.84. The number of hydrogen-bond acceptors (Lipinski definition) is 1. The van der Waals surface area contributed by atoms with E-state index in [2.05, 4.69) is 54.9 Å². The summed E-state index contributed by atoms with van der Waals surface area (Å²) in [5.74, 6) is 0. The first-order valence-electron chi connectivity index (χ1n) is 5.05. The van der Waals surface area contributed by atoms with Crippen LogP contribution in [-0.2, 0) is 6.54 Å². The fourth-order valence-electron chi connectivity index (χ4n) is 1.32. The summed E-state index contributed by atoms with van der Waals surface area (Å²) in [5, 5.41) is 0. The van der Waals surface area contributed by atoms with Gasteiger partial charge in [0.25, 0.3) is 0 Å². The van der Waals surface area contributed by atoms with Crippen LogP contribution in [0.2, 0.25) is 0 Å². The lowest BCUT2D eigenvalue weighted by atomic mass is 10.2. The summed E-state index contributed by atoms with van der Waals surface area (Å²) in [6.07, 6.45) is 5.46. The van der Waals surface area contributed by atoms with Gasteiger partial charge >= 0.3 is 0 Å². The lowest BCUT2D eigenvalue weighted by Gasteiger charge is -2.23. The minimum absolute atomic E-state index is 0.690. The largest absolute Gasteiger partial charge is 0.353 e. The quantitative estimate of drug-likeness (QED) is 0.674. The van der Waals surface area contributed by atoms with E-state index < -0.39 is 0 Å². The molecular formula is C11H20N2. The highest BCUT2D eigenvalue weighted by atomic mass is 15.1. The van der Waals surface area contributed by atoms with Gasteiger partial charge in [0.05, 0.1) is 0 Å². The zero-order chi connectivity index (χ0) is 9.68. The first-order chi connectivity index (χ1) is 6.24. The Balaban J connectivity index is 2.26. The summed E-state index contributed by atoms with van der Waals surface area (Å²) in [4.78, 5) is 2.40. The van der Waals surface area contributed by atoms with Gasteiger partial charge in [0, 0.05) is 31.5 Å². The van der Waals surface area contributed by atoms with Crippen LogP contribution in [0.15, 0.2) is 24.5 Å². The number of rotatable bonds is 5. The van der Waals surface area contributed by atoms with Gasteiger partial charge < -0.3 is 9.47 Å². The monoisotopic (exact) mass is 180 g/mol. The molecule has 74 valence electrons. The van der Waals surface area contributed by atoms with Gasteiger partial charge in [0.15, 0.2) is 0 Å². The van der Waals surface area contributed by atoms with E-state index in [9.17, 15) is 0 Å². The Morgan fingerprint density at radius 1 is 1.31 bits per heavy atom. The van der Waals surface area contributed by atoms with Gasteiger partial charge in [-0.3, -0.25) is 0 Å². The van der Waals surface area contributed by atoms with Gasteiger partial charge in [-0.1, -0.05) is 6.92 Å². The lowest BCUT2D eigenvalue weighted by molar-refractivity contribution is 0.242. The maximum absolute atomic E-state index is 2.40. The zero-order valence-corrected chi connectivity index (χ0v) is 8.90. The summed E-state index contributed by atoms with van der Waals surface area (Å²) in [7, 11) is 2.19. The normalized spacial score (nSPS) is 13.5. The molecule has 0 fully saturated rings. The Morgan fingerprint density at radius 2 is 1.92 bits per heavy atom. The van der Waals surface area contributed by atoms with Crippen molar-refractivity contribution >= 4 is 0 Å². The van der Waals surface area contributed by atoms with E-state index in [-0.39, 0.29) is 0 Å². The summed E-state index contributed by atoms with van der Waals surface area (Å²) in [5.41, 5.74) is 0. The average molecular weight is 180 g/mol. The molecule has 0 radical (unpaired) electrons. The second-order valence-electron chi connectivity index (χ2n) is 3.66. The van der Waals surface area contributed by atoms with Gasteiger partial charge in [-0.05, 0) is 32.5 Å². The van der Waals surface area contributed by atoms with Crippen molar-refractivity contribution in [2.75, 3.05) is 13.6 Å². The molecule has 0 N–H and O–H groups in total. The van der Waals surface area contributed by atoms with Gasteiger partial charge in [0.1, 0.15) is 0 Å². The van der Waals surface area contributed by atoms with E-state index in [0.717, 1.165) is 13.1 Å². The standard InChI is InChI=1S/C11H20N2/c1-4-11(2)12(3)9-10-13-7-5-6-8-13/h5-8,11H,4,9-10H2,1-3H3. The van der Waals surface area contributed by atoms with Crippen LogP contribution < -0.4 is 0 Å². The molecule has 0 spiro atoms. The first kappa shape index (κ1) is 10.3. The number of likely N-dealkylation sites (N-methyl/N-ethyl adjacent to an activating group) is 1. The fourth-order valence-corrected chi connectivity index (χ4v) is 1.32. The van der Waals surface area contributed by atoms with Crippen molar-refractivity contribution in [3.63, 3.8) is 0 Å². The van der Waals surface area contributed by atoms with Crippen molar-refractivity contribution in [3.8, 4) is 0 Å².